The lowest BCUT2D eigenvalue weighted by Gasteiger charge is -2.36. The quantitative estimate of drug-likeness (QED) is 0.253. The minimum Gasteiger partial charge on any atom is -0.457 e. The molecule has 1 N–H and O–H groups in total. The van der Waals surface area contributed by atoms with Crippen LogP contribution in [0.2, 0.25) is 0 Å². The van der Waals surface area contributed by atoms with Crippen LogP contribution in [-0.4, -0.2) is 70.4 Å². The van der Waals surface area contributed by atoms with Crippen LogP contribution >= 0.6 is 0 Å². The number of carbonyl (C=O) groups is 1. The van der Waals surface area contributed by atoms with Crippen LogP contribution in [-0.2, 0) is 28.5 Å². The summed E-state index contributed by atoms with van der Waals surface area (Å²) in [7, 11) is 0. The predicted octanol–water partition coefficient (Wildman–Crippen LogP) is 2.54. The summed E-state index contributed by atoms with van der Waals surface area (Å²) < 4.78 is 38.9. The van der Waals surface area contributed by atoms with Gasteiger partial charge in [-0.1, -0.05) is 18.7 Å². The Morgan fingerprint density at radius 1 is 1.18 bits per heavy atom. The van der Waals surface area contributed by atoms with Crippen molar-refractivity contribution in [2.45, 2.75) is 25.6 Å². The lowest BCUT2D eigenvalue weighted by atomic mass is 9.81. The summed E-state index contributed by atoms with van der Waals surface area (Å²) in [6.45, 7) is 7.66. The number of esters is 1. The molecule has 1 aromatic carbocycles. The molecule has 0 amide bonds. The van der Waals surface area contributed by atoms with E-state index in [2.05, 4.69) is 6.58 Å². The number of ether oxygens (including phenoxy) is 7. The van der Waals surface area contributed by atoms with E-state index in [1.54, 1.807) is 6.08 Å². The lowest BCUT2D eigenvalue weighted by molar-refractivity contribution is -0.176. The van der Waals surface area contributed by atoms with Gasteiger partial charge in [0.25, 0.3) is 0 Å². The number of benzene rings is 1. The number of allylic oxidation sites excluding steroid dienone is 1. The predicted molar refractivity (Wildman–Crippen MR) is 118 cm³/mol. The monoisotopic (exact) mass is 464 g/mol. The Bertz CT molecular complexity index is 807. The molecule has 3 atom stereocenters. The van der Waals surface area contributed by atoms with Gasteiger partial charge in [0.2, 0.25) is 18.8 Å². The van der Waals surface area contributed by atoms with Gasteiger partial charge in [-0.15, -0.1) is 0 Å². The number of aliphatic hydroxyl groups excluding tert-OH is 1. The van der Waals surface area contributed by atoms with Gasteiger partial charge >= 0.3 is 5.97 Å². The van der Waals surface area contributed by atoms with Crippen molar-refractivity contribution in [3.63, 3.8) is 0 Å². The van der Waals surface area contributed by atoms with Crippen molar-refractivity contribution in [1.82, 2.24) is 0 Å². The highest BCUT2D eigenvalue weighted by Gasteiger charge is 2.39. The molecule has 0 bridgehead atoms. The first-order valence-electron chi connectivity index (χ1n) is 11.1. The van der Waals surface area contributed by atoms with Gasteiger partial charge in [0.05, 0.1) is 26.4 Å². The Morgan fingerprint density at radius 3 is 2.73 bits per heavy atom. The van der Waals surface area contributed by atoms with Crippen molar-refractivity contribution in [3.8, 4) is 11.5 Å². The van der Waals surface area contributed by atoms with E-state index in [0.717, 1.165) is 5.56 Å². The maximum absolute atomic E-state index is 12.5. The van der Waals surface area contributed by atoms with Crippen molar-refractivity contribution in [3.05, 3.63) is 48.3 Å². The molecule has 1 unspecified atom stereocenters. The zero-order valence-electron chi connectivity index (χ0n) is 18.9. The molecule has 33 heavy (non-hydrogen) atoms. The molecule has 3 rings (SSSR count). The Kier molecular flexibility index (Phi) is 10.0. The standard InChI is InChI=1S/C24H32O9/c1-3-9-30-23(26)22-15-19(17-5-6-20-21(14-17)32-16-31-20)18(24(33-22)29-4-2)7-10-27-12-13-28-11-8-25/h3,5-6,14-15,18-19,24-25H,1,4,7-13,16H2,2H3/t18-,19+,24?/m0/s1. The zero-order chi connectivity index (χ0) is 23.5. The maximum Gasteiger partial charge on any atom is 0.373 e. The first-order chi connectivity index (χ1) is 16.2. The van der Waals surface area contributed by atoms with Crippen molar-refractivity contribution >= 4 is 5.97 Å². The van der Waals surface area contributed by atoms with E-state index in [1.165, 1.54) is 6.08 Å². The normalized spacial score (nSPS) is 21.3. The highest BCUT2D eigenvalue weighted by atomic mass is 16.7. The molecule has 0 spiro atoms. The topological polar surface area (TPSA) is 102 Å². The van der Waals surface area contributed by atoms with Crippen LogP contribution in [0.25, 0.3) is 0 Å². The van der Waals surface area contributed by atoms with Gasteiger partial charge in [0, 0.05) is 25.0 Å². The van der Waals surface area contributed by atoms with Crippen LogP contribution in [0.3, 0.4) is 0 Å². The van der Waals surface area contributed by atoms with Crippen molar-refractivity contribution in [1.29, 1.82) is 0 Å². The lowest BCUT2D eigenvalue weighted by Crippen LogP contribution is -2.37. The molecule has 2 aliphatic rings. The van der Waals surface area contributed by atoms with Crippen molar-refractivity contribution < 1.29 is 43.1 Å². The first kappa shape index (κ1) is 25.0. The number of carbonyl (C=O) groups excluding carboxylic acids is 1. The van der Waals surface area contributed by atoms with E-state index in [-0.39, 0.29) is 44.2 Å². The van der Waals surface area contributed by atoms with Gasteiger partial charge < -0.3 is 38.3 Å². The van der Waals surface area contributed by atoms with E-state index in [1.807, 2.05) is 25.1 Å². The molecular formula is C24H32O9. The zero-order valence-corrected chi connectivity index (χ0v) is 18.9. The molecule has 0 aromatic heterocycles. The van der Waals surface area contributed by atoms with Gasteiger partial charge in [0.15, 0.2) is 11.5 Å². The van der Waals surface area contributed by atoms with E-state index in [0.29, 0.717) is 44.3 Å². The molecule has 9 nitrogen and oxygen atoms in total. The summed E-state index contributed by atoms with van der Waals surface area (Å²) in [5, 5.41) is 8.77. The summed E-state index contributed by atoms with van der Waals surface area (Å²) >= 11 is 0. The van der Waals surface area contributed by atoms with Gasteiger partial charge in [-0.05, 0) is 37.1 Å². The third kappa shape index (κ3) is 6.94. The van der Waals surface area contributed by atoms with Crippen LogP contribution in [0.4, 0.5) is 0 Å². The molecule has 2 aliphatic heterocycles. The Labute approximate surface area is 193 Å². The fourth-order valence-corrected chi connectivity index (χ4v) is 3.74. The number of hydrogen-bond donors (Lipinski definition) is 1. The average Bonchev–Trinajstić information content (AvgIpc) is 3.30. The highest BCUT2D eigenvalue weighted by Crippen LogP contribution is 2.42. The fourth-order valence-electron chi connectivity index (χ4n) is 3.74. The van der Waals surface area contributed by atoms with Crippen molar-refractivity contribution in [2.24, 2.45) is 5.92 Å². The average molecular weight is 465 g/mol. The van der Waals surface area contributed by atoms with Gasteiger partial charge in [-0.3, -0.25) is 0 Å². The number of fused-ring (bicyclic) bond motifs is 1. The second-order valence-corrected chi connectivity index (χ2v) is 7.40. The molecule has 182 valence electrons. The molecule has 0 saturated carbocycles. The summed E-state index contributed by atoms with van der Waals surface area (Å²) in [4.78, 5) is 12.5. The number of rotatable bonds is 14. The van der Waals surface area contributed by atoms with Crippen LogP contribution in [0, 0.1) is 5.92 Å². The molecule has 0 saturated heterocycles. The van der Waals surface area contributed by atoms with Gasteiger partial charge in [-0.25, -0.2) is 4.79 Å². The summed E-state index contributed by atoms with van der Waals surface area (Å²) in [5.74, 6) is 0.551. The van der Waals surface area contributed by atoms with Crippen molar-refractivity contribution in [2.75, 3.05) is 53.0 Å². The van der Waals surface area contributed by atoms with Gasteiger partial charge in [0.1, 0.15) is 6.61 Å². The second kappa shape index (κ2) is 13.2. The second-order valence-electron chi connectivity index (χ2n) is 7.40. The maximum atomic E-state index is 12.5. The SMILES string of the molecule is C=CCOC(=O)C1=C[C@H](c2ccc3c(c2)OCO3)[C@H](CCOCCOCCO)C(OCC)O1. The van der Waals surface area contributed by atoms with E-state index >= 15 is 0 Å². The molecule has 0 radical (unpaired) electrons. The molecule has 1 aromatic rings. The van der Waals surface area contributed by atoms with E-state index in [4.69, 9.17) is 38.3 Å². The van der Waals surface area contributed by atoms with Crippen LogP contribution in [0.1, 0.15) is 24.8 Å². The van der Waals surface area contributed by atoms with Crippen LogP contribution in [0.5, 0.6) is 11.5 Å². The van der Waals surface area contributed by atoms with Crippen LogP contribution in [0.15, 0.2) is 42.7 Å². The Morgan fingerprint density at radius 2 is 1.97 bits per heavy atom. The number of aliphatic hydroxyl groups is 1. The number of hydrogen-bond acceptors (Lipinski definition) is 9. The minimum absolute atomic E-state index is 0.0173. The molecular weight excluding hydrogens is 432 g/mol. The highest BCUT2D eigenvalue weighted by molar-refractivity contribution is 5.86. The third-order valence-corrected chi connectivity index (χ3v) is 5.23. The fraction of sp³-hybridized carbons (Fsp3) is 0.542. The van der Waals surface area contributed by atoms with E-state index < -0.39 is 12.3 Å². The Balaban J connectivity index is 1.79. The van der Waals surface area contributed by atoms with E-state index in [9.17, 15) is 4.79 Å². The molecule has 0 fully saturated rings. The minimum atomic E-state index is -0.657. The van der Waals surface area contributed by atoms with Gasteiger partial charge in [-0.2, -0.15) is 0 Å². The molecule has 2 heterocycles. The summed E-state index contributed by atoms with van der Waals surface area (Å²) in [6.07, 6.45) is 3.24. The molecule has 0 aliphatic carbocycles. The first-order valence-corrected chi connectivity index (χ1v) is 11.1. The largest absolute Gasteiger partial charge is 0.457 e. The summed E-state index contributed by atoms with van der Waals surface area (Å²) in [5.41, 5.74) is 0.942. The summed E-state index contributed by atoms with van der Waals surface area (Å²) in [6, 6.07) is 5.73. The Hall–Kier alpha value is -2.59. The smallest absolute Gasteiger partial charge is 0.373 e. The van der Waals surface area contributed by atoms with Crippen LogP contribution < -0.4 is 9.47 Å². The third-order valence-electron chi connectivity index (χ3n) is 5.23. The molecule has 9 heteroatoms.